The van der Waals surface area contributed by atoms with Gasteiger partial charge in [0.1, 0.15) is 0 Å². The molecule has 2 N–H and O–H groups in total. The van der Waals surface area contributed by atoms with E-state index in [4.69, 9.17) is 5.73 Å². The number of amides is 1. The van der Waals surface area contributed by atoms with Gasteiger partial charge in [-0.2, -0.15) is 0 Å². The lowest BCUT2D eigenvalue weighted by Gasteiger charge is -2.39. The van der Waals surface area contributed by atoms with Crippen LogP contribution in [0.15, 0.2) is 0 Å². The van der Waals surface area contributed by atoms with E-state index < -0.39 is 0 Å². The smallest absolute Gasteiger partial charge is 0.225 e. The van der Waals surface area contributed by atoms with E-state index in [2.05, 4.69) is 13.8 Å². The van der Waals surface area contributed by atoms with E-state index in [1.807, 2.05) is 11.9 Å². The third-order valence-electron chi connectivity index (χ3n) is 4.64. The molecular weight excluding hydrogens is 236 g/mol. The lowest BCUT2D eigenvalue weighted by Crippen LogP contribution is -2.47. The zero-order valence-corrected chi connectivity index (χ0v) is 13.0. The minimum Gasteiger partial charge on any atom is -0.342 e. The van der Waals surface area contributed by atoms with Crippen LogP contribution in [0, 0.1) is 11.8 Å². The summed E-state index contributed by atoms with van der Waals surface area (Å²) in [6.07, 6.45) is 9.07. The molecule has 112 valence electrons. The van der Waals surface area contributed by atoms with E-state index >= 15 is 0 Å². The van der Waals surface area contributed by atoms with Crippen LogP contribution in [0.2, 0.25) is 0 Å². The van der Waals surface area contributed by atoms with Crippen molar-refractivity contribution in [2.75, 3.05) is 13.6 Å². The molecule has 0 aromatic heterocycles. The Bertz CT molecular complexity index is 261. The van der Waals surface area contributed by atoms with Crippen molar-refractivity contribution in [1.82, 2.24) is 4.90 Å². The molecule has 0 radical (unpaired) electrons. The van der Waals surface area contributed by atoms with Crippen LogP contribution >= 0.6 is 0 Å². The van der Waals surface area contributed by atoms with Crippen LogP contribution in [0.5, 0.6) is 0 Å². The summed E-state index contributed by atoms with van der Waals surface area (Å²) in [6.45, 7) is 5.05. The molecule has 1 fully saturated rings. The van der Waals surface area contributed by atoms with Crippen molar-refractivity contribution < 1.29 is 4.79 Å². The molecule has 3 heteroatoms. The minimum absolute atomic E-state index is 0.223. The standard InChI is InChI=1S/C16H32N2O/c1-4-8-13(9-5-2)16(19)18(3)15-11-7-6-10-14(15)12-17/h13-15H,4-12,17H2,1-3H3. The maximum Gasteiger partial charge on any atom is 0.225 e. The number of carbonyl (C=O) groups is 1. The molecule has 1 saturated carbocycles. The Morgan fingerprint density at radius 3 is 2.32 bits per heavy atom. The predicted octanol–water partition coefficient (Wildman–Crippen LogP) is 3.18. The largest absolute Gasteiger partial charge is 0.342 e. The fourth-order valence-electron chi connectivity index (χ4n) is 3.51. The van der Waals surface area contributed by atoms with E-state index in [1.54, 1.807) is 0 Å². The Morgan fingerprint density at radius 2 is 1.79 bits per heavy atom. The molecule has 1 rings (SSSR count). The van der Waals surface area contributed by atoms with E-state index in [0.29, 0.717) is 24.4 Å². The summed E-state index contributed by atoms with van der Waals surface area (Å²) in [7, 11) is 2.00. The van der Waals surface area contributed by atoms with E-state index in [9.17, 15) is 4.79 Å². The zero-order valence-electron chi connectivity index (χ0n) is 13.0. The molecule has 0 saturated heterocycles. The summed E-state index contributed by atoms with van der Waals surface area (Å²) in [6, 6.07) is 0.377. The maximum atomic E-state index is 12.7. The normalized spacial score (nSPS) is 23.6. The van der Waals surface area contributed by atoms with Crippen LogP contribution in [0.4, 0.5) is 0 Å². The molecule has 1 aliphatic carbocycles. The van der Waals surface area contributed by atoms with Crippen molar-refractivity contribution in [1.29, 1.82) is 0 Å². The van der Waals surface area contributed by atoms with Crippen molar-refractivity contribution in [3.63, 3.8) is 0 Å². The third kappa shape index (κ3) is 4.48. The SMILES string of the molecule is CCCC(CCC)C(=O)N(C)C1CCCCC1CN. The fourth-order valence-corrected chi connectivity index (χ4v) is 3.51. The second-order valence-corrected chi connectivity index (χ2v) is 6.07. The highest BCUT2D eigenvalue weighted by Crippen LogP contribution is 2.29. The highest BCUT2D eigenvalue weighted by Gasteiger charge is 2.32. The molecule has 2 atom stereocenters. The quantitative estimate of drug-likeness (QED) is 0.771. The maximum absolute atomic E-state index is 12.7. The molecule has 0 aliphatic heterocycles. The Balaban J connectivity index is 2.66. The topological polar surface area (TPSA) is 46.3 Å². The van der Waals surface area contributed by atoms with E-state index in [1.165, 1.54) is 19.3 Å². The van der Waals surface area contributed by atoms with Gasteiger partial charge in [-0.1, -0.05) is 39.5 Å². The number of hydrogen-bond acceptors (Lipinski definition) is 2. The van der Waals surface area contributed by atoms with Gasteiger partial charge in [-0.15, -0.1) is 0 Å². The summed E-state index contributed by atoms with van der Waals surface area (Å²) < 4.78 is 0. The highest BCUT2D eigenvalue weighted by atomic mass is 16.2. The number of nitrogens with two attached hydrogens (primary N) is 1. The minimum atomic E-state index is 0.223. The van der Waals surface area contributed by atoms with Crippen molar-refractivity contribution in [2.24, 2.45) is 17.6 Å². The molecular formula is C16H32N2O. The van der Waals surface area contributed by atoms with Crippen LogP contribution in [0.1, 0.15) is 65.2 Å². The van der Waals surface area contributed by atoms with Crippen molar-refractivity contribution in [3.05, 3.63) is 0 Å². The molecule has 19 heavy (non-hydrogen) atoms. The Labute approximate surface area is 118 Å². The number of hydrogen-bond donors (Lipinski definition) is 1. The van der Waals surface area contributed by atoms with Gasteiger partial charge < -0.3 is 10.6 Å². The average Bonchev–Trinajstić information content (AvgIpc) is 2.45. The first kappa shape index (κ1) is 16.5. The van der Waals surface area contributed by atoms with E-state index in [0.717, 1.165) is 32.1 Å². The summed E-state index contributed by atoms with van der Waals surface area (Å²) in [5.41, 5.74) is 5.89. The van der Waals surface area contributed by atoms with Gasteiger partial charge in [-0.05, 0) is 38.1 Å². The molecule has 0 bridgehead atoms. The van der Waals surface area contributed by atoms with Crippen molar-refractivity contribution in [2.45, 2.75) is 71.3 Å². The highest BCUT2D eigenvalue weighted by molar-refractivity contribution is 5.78. The number of carbonyl (C=O) groups excluding carboxylic acids is 1. The fraction of sp³-hybridized carbons (Fsp3) is 0.938. The van der Waals surface area contributed by atoms with Crippen LogP contribution in [-0.2, 0) is 4.79 Å². The zero-order chi connectivity index (χ0) is 14.3. The predicted molar refractivity (Wildman–Crippen MR) is 80.9 cm³/mol. The first-order chi connectivity index (χ1) is 9.15. The molecule has 1 aliphatic rings. The molecule has 0 aromatic carbocycles. The molecule has 0 aromatic rings. The van der Waals surface area contributed by atoms with Gasteiger partial charge in [0.2, 0.25) is 5.91 Å². The monoisotopic (exact) mass is 268 g/mol. The van der Waals surface area contributed by atoms with Crippen LogP contribution in [-0.4, -0.2) is 30.4 Å². The summed E-state index contributed by atoms with van der Waals surface area (Å²) >= 11 is 0. The number of nitrogens with zero attached hydrogens (tertiary/aromatic N) is 1. The van der Waals surface area contributed by atoms with Crippen LogP contribution in [0.25, 0.3) is 0 Å². The van der Waals surface area contributed by atoms with Gasteiger partial charge >= 0.3 is 0 Å². The van der Waals surface area contributed by atoms with Crippen molar-refractivity contribution >= 4 is 5.91 Å². The van der Waals surface area contributed by atoms with Gasteiger partial charge in [-0.25, -0.2) is 0 Å². The van der Waals surface area contributed by atoms with Gasteiger partial charge in [0.25, 0.3) is 0 Å². The molecule has 0 heterocycles. The van der Waals surface area contributed by atoms with Gasteiger partial charge in [0, 0.05) is 19.0 Å². The van der Waals surface area contributed by atoms with E-state index in [-0.39, 0.29) is 5.92 Å². The van der Waals surface area contributed by atoms with Crippen LogP contribution in [0.3, 0.4) is 0 Å². The third-order valence-corrected chi connectivity index (χ3v) is 4.64. The lowest BCUT2D eigenvalue weighted by molar-refractivity contribution is -0.138. The molecule has 3 nitrogen and oxygen atoms in total. The van der Waals surface area contributed by atoms with Crippen molar-refractivity contribution in [3.8, 4) is 0 Å². The average molecular weight is 268 g/mol. The first-order valence-electron chi connectivity index (χ1n) is 8.12. The molecule has 2 unspecified atom stereocenters. The van der Waals surface area contributed by atoms with Gasteiger partial charge in [0.15, 0.2) is 0 Å². The summed E-state index contributed by atoms with van der Waals surface area (Å²) in [5.74, 6) is 1.08. The first-order valence-corrected chi connectivity index (χ1v) is 8.12. The van der Waals surface area contributed by atoms with Gasteiger partial charge in [0.05, 0.1) is 0 Å². The number of rotatable bonds is 7. The summed E-state index contributed by atoms with van der Waals surface area (Å²) in [4.78, 5) is 14.7. The molecule has 1 amide bonds. The molecule has 0 spiro atoms. The van der Waals surface area contributed by atoms with Crippen LogP contribution < -0.4 is 5.73 Å². The van der Waals surface area contributed by atoms with Gasteiger partial charge in [-0.3, -0.25) is 4.79 Å². The Hall–Kier alpha value is -0.570. The Morgan fingerprint density at radius 1 is 1.21 bits per heavy atom. The lowest BCUT2D eigenvalue weighted by atomic mass is 9.83. The second-order valence-electron chi connectivity index (χ2n) is 6.07. The second kappa shape index (κ2) is 8.57. The summed E-state index contributed by atoms with van der Waals surface area (Å²) in [5, 5.41) is 0. The Kier molecular flexibility index (Phi) is 7.44.